The molecule has 0 saturated carbocycles. The van der Waals surface area contributed by atoms with E-state index < -0.39 is 5.41 Å². The van der Waals surface area contributed by atoms with E-state index in [0.29, 0.717) is 0 Å². The van der Waals surface area contributed by atoms with Crippen molar-refractivity contribution in [1.82, 2.24) is 9.97 Å². The molecular formula is C12H11N3S. The number of thiazole rings is 1. The Kier molecular flexibility index (Phi) is 2.71. The first kappa shape index (κ1) is 10.8. The van der Waals surface area contributed by atoms with Gasteiger partial charge in [-0.3, -0.25) is 4.98 Å². The first-order valence-electron chi connectivity index (χ1n) is 4.91. The molecule has 0 aliphatic heterocycles. The van der Waals surface area contributed by atoms with Crippen LogP contribution in [0.4, 0.5) is 0 Å². The third-order valence-electron chi connectivity index (χ3n) is 2.28. The van der Waals surface area contributed by atoms with E-state index in [4.69, 9.17) is 5.26 Å². The molecule has 0 aromatic carbocycles. The minimum absolute atomic E-state index is 0.523. The summed E-state index contributed by atoms with van der Waals surface area (Å²) in [7, 11) is 0. The Bertz CT molecular complexity index is 523. The molecule has 0 bridgehead atoms. The lowest BCUT2D eigenvalue weighted by Crippen LogP contribution is -2.13. The zero-order valence-electron chi connectivity index (χ0n) is 9.14. The van der Waals surface area contributed by atoms with Crippen LogP contribution in [0.1, 0.15) is 18.9 Å². The average molecular weight is 229 g/mol. The van der Waals surface area contributed by atoms with Crippen molar-refractivity contribution in [1.29, 1.82) is 5.26 Å². The molecule has 0 spiro atoms. The number of aromatic nitrogens is 2. The first-order valence-corrected chi connectivity index (χ1v) is 5.79. The Labute approximate surface area is 98.4 Å². The predicted octanol–water partition coefficient (Wildman–Crippen LogP) is 3.01. The monoisotopic (exact) mass is 229 g/mol. The predicted molar refractivity (Wildman–Crippen MR) is 64.0 cm³/mol. The Hall–Kier alpha value is -1.73. The van der Waals surface area contributed by atoms with E-state index in [1.807, 2.05) is 31.4 Å². The largest absolute Gasteiger partial charge is 0.264 e. The maximum absolute atomic E-state index is 9.03. The van der Waals surface area contributed by atoms with Crippen molar-refractivity contribution in [3.63, 3.8) is 0 Å². The van der Waals surface area contributed by atoms with E-state index in [9.17, 15) is 0 Å². The lowest BCUT2D eigenvalue weighted by atomic mass is 9.97. The number of nitriles is 1. The van der Waals surface area contributed by atoms with Gasteiger partial charge in [-0.2, -0.15) is 5.26 Å². The summed E-state index contributed by atoms with van der Waals surface area (Å²) < 4.78 is 0. The van der Waals surface area contributed by atoms with Crippen LogP contribution in [0.3, 0.4) is 0 Å². The van der Waals surface area contributed by atoms with Crippen molar-refractivity contribution in [2.75, 3.05) is 0 Å². The first-order chi connectivity index (χ1) is 7.63. The number of pyridine rings is 1. The summed E-state index contributed by atoms with van der Waals surface area (Å²) in [5.41, 5.74) is 1.35. The third kappa shape index (κ3) is 1.95. The molecule has 0 fully saturated rings. The van der Waals surface area contributed by atoms with E-state index in [2.05, 4.69) is 16.0 Å². The molecule has 2 rings (SSSR count). The number of nitrogens with zero attached hydrogens (tertiary/aromatic N) is 3. The van der Waals surface area contributed by atoms with Crippen LogP contribution in [-0.2, 0) is 5.41 Å². The normalized spacial score (nSPS) is 11.1. The second-order valence-electron chi connectivity index (χ2n) is 4.02. The highest BCUT2D eigenvalue weighted by atomic mass is 32.1. The highest BCUT2D eigenvalue weighted by molar-refractivity contribution is 7.10. The van der Waals surface area contributed by atoms with E-state index in [-0.39, 0.29) is 0 Å². The summed E-state index contributed by atoms with van der Waals surface area (Å²) in [6.07, 6.45) is 3.51. The topological polar surface area (TPSA) is 49.6 Å². The van der Waals surface area contributed by atoms with Gasteiger partial charge in [-0.05, 0) is 26.0 Å². The maximum Gasteiger partial charge on any atom is 0.113 e. The molecule has 0 aliphatic carbocycles. The molecule has 80 valence electrons. The van der Waals surface area contributed by atoms with Crippen LogP contribution >= 0.6 is 11.3 Å². The lowest BCUT2D eigenvalue weighted by molar-refractivity contribution is 0.680. The molecule has 0 atom stereocenters. The minimum atomic E-state index is -0.523. The molecule has 16 heavy (non-hydrogen) atoms. The Morgan fingerprint density at radius 2 is 2.25 bits per heavy atom. The third-order valence-corrected chi connectivity index (χ3v) is 3.44. The molecule has 0 N–H and O–H groups in total. The fourth-order valence-electron chi connectivity index (χ4n) is 1.26. The van der Waals surface area contributed by atoms with Gasteiger partial charge in [0.25, 0.3) is 0 Å². The Morgan fingerprint density at radius 1 is 1.44 bits per heavy atom. The standard InChI is InChI=1S/C12H11N3S/c1-12(2,8-13)11-15-10(7-16-11)9-4-3-5-14-6-9/h3-7H,1-2H3. The van der Waals surface area contributed by atoms with Crippen LogP contribution in [0.25, 0.3) is 11.3 Å². The second kappa shape index (κ2) is 4.03. The van der Waals surface area contributed by atoms with Gasteiger partial charge in [0.1, 0.15) is 10.4 Å². The van der Waals surface area contributed by atoms with Gasteiger partial charge in [-0.15, -0.1) is 11.3 Å². The average Bonchev–Trinajstić information content (AvgIpc) is 2.80. The zero-order chi connectivity index (χ0) is 11.6. The van der Waals surface area contributed by atoms with Crippen molar-refractivity contribution in [2.45, 2.75) is 19.3 Å². The molecule has 0 amide bonds. The van der Waals surface area contributed by atoms with Crippen LogP contribution < -0.4 is 0 Å². The number of hydrogen-bond donors (Lipinski definition) is 0. The van der Waals surface area contributed by atoms with Gasteiger partial charge in [0, 0.05) is 23.3 Å². The van der Waals surface area contributed by atoms with E-state index >= 15 is 0 Å². The molecule has 3 nitrogen and oxygen atoms in total. The molecule has 0 radical (unpaired) electrons. The van der Waals surface area contributed by atoms with E-state index in [1.54, 1.807) is 12.4 Å². The van der Waals surface area contributed by atoms with Gasteiger partial charge in [0.05, 0.1) is 11.8 Å². The van der Waals surface area contributed by atoms with Crippen molar-refractivity contribution < 1.29 is 0 Å². The summed E-state index contributed by atoms with van der Waals surface area (Å²) in [6, 6.07) is 6.10. The van der Waals surface area contributed by atoms with Crippen LogP contribution in [0.2, 0.25) is 0 Å². The van der Waals surface area contributed by atoms with Crippen LogP contribution in [0.5, 0.6) is 0 Å². The van der Waals surface area contributed by atoms with Gasteiger partial charge in [0.2, 0.25) is 0 Å². The molecule has 2 heterocycles. The summed E-state index contributed by atoms with van der Waals surface area (Å²) in [5, 5.41) is 11.8. The lowest BCUT2D eigenvalue weighted by Gasteiger charge is -2.09. The Morgan fingerprint density at radius 3 is 2.88 bits per heavy atom. The number of hydrogen-bond acceptors (Lipinski definition) is 4. The summed E-state index contributed by atoms with van der Waals surface area (Å²) in [6.45, 7) is 3.75. The molecule has 0 aliphatic rings. The number of rotatable bonds is 2. The fraction of sp³-hybridized carbons (Fsp3) is 0.250. The summed E-state index contributed by atoms with van der Waals surface area (Å²) in [5.74, 6) is 0. The van der Waals surface area contributed by atoms with Crippen molar-refractivity contribution in [2.24, 2.45) is 0 Å². The van der Waals surface area contributed by atoms with E-state index in [1.165, 1.54) is 11.3 Å². The molecule has 2 aromatic rings. The summed E-state index contributed by atoms with van der Waals surface area (Å²) >= 11 is 1.51. The molecule has 2 aromatic heterocycles. The van der Waals surface area contributed by atoms with Gasteiger partial charge in [-0.1, -0.05) is 0 Å². The van der Waals surface area contributed by atoms with Crippen LogP contribution in [-0.4, -0.2) is 9.97 Å². The Balaban J connectivity index is 2.39. The van der Waals surface area contributed by atoms with Crippen molar-refractivity contribution in [3.8, 4) is 17.3 Å². The quantitative estimate of drug-likeness (QED) is 0.795. The highest BCUT2D eigenvalue weighted by Crippen LogP contribution is 2.29. The maximum atomic E-state index is 9.03. The minimum Gasteiger partial charge on any atom is -0.264 e. The van der Waals surface area contributed by atoms with Gasteiger partial charge in [-0.25, -0.2) is 4.98 Å². The van der Waals surface area contributed by atoms with Gasteiger partial charge >= 0.3 is 0 Å². The fourth-order valence-corrected chi connectivity index (χ4v) is 2.16. The van der Waals surface area contributed by atoms with Crippen LogP contribution in [0, 0.1) is 11.3 Å². The highest BCUT2D eigenvalue weighted by Gasteiger charge is 2.23. The van der Waals surface area contributed by atoms with Crippen molar-refractivity contribution in [3.05, 3.63) is 34.9 Å². The smallest absolute Gasteiger partial charge is 0.113 e. The molecule has 0 unspecified atom stereocenters. The summed E-state index contributed by atoms with van der Waals surface area (Å²) in [4.78, 5) is 8.53. The zero-order valence-corrected chi connectivity index (χ0v) is 9.95. The second-order valence-corrected chi connectivity index (χ2v) is 4.87. The van der Waals surface area contributed by atoms with Crippen molar-refractivity contribution >= 4 is 11.3 Å². The van der Waals surface area contributed by atoms with E-state index in [0.717, 1.165) is 16.3 Å². The molecular weight excluding hydrogens is 218 g/mol. The van der Waals surface area contributed by atoms with Crippen LogP contribution in [0.15, 0.2) is 29.9 Å². The van der Waals surface area contributed by atoms with Gasteiger partial charge in [0.15, 0.2) is 0 Å². The molecule has 4 heteroatoms. The van der Waals surface area contributed by atoms with Gasteiger partial charge < -0.3 is 0 Å². The SMILES string of the molecule is CC(C)(C#N)c1nc(-c2cccnc2)cs1. The molecule has 0 saturated heterocycles.